The van der Waals surface area contributed by atoms with Crippen molar-refractivity contribution in [1.82, 2.24) is 4.90 Å². The number of likely N-dealkylation sites (tertiary alicyclic amines) is 1. The molecule has 1 heterocycles. The second kappa shape index (κ2) is 4.17. The first-order valence-corrected chi connectivity index (χ1v) is 5.46. The van der Waals surface area contributed by atoms with E-state index in [-0.39, 0.29) is 24.2 Å². The predicted molar refractivity (Wildman–Crippen MR) is 57.2 cm³/mol. The van der Waals surface area contributed by atoms with Crippen LogP contribution in [0.4, 0.5) is 0 Å². The van der Waals surface area contributed by atoms with E-state index in [1.807, 2.05) is 0 Å². The van der Waals surface area contributed by atoms with Gasteiger partial charge in [-0.05, 0) is 20.3 Å². The molecule has 0 atom stereocenters. The Bertz CT molecular complexity index is 180. The Morgan fingerprint density at radius 2 is 1.71 bits per heavy atom. The summed E-state index contributed by atoms with van der Waals surface area (Å²) in [6.07, 6.45) is 2.34. The van der Waals surface area contributed by atoms with Crippen LogP contribution in [-0.2, 0) is 0 Å². The fourth-order valence-electron chi connectivity index (χ4n) is 2.21. The molecule has 3 nitrogen and oxygen atoms in total. The fraction of sp³-hybridized carbons (Fsp3) is 1.00. The lowest BCUT2D eigenvalue weighted by atomic mass is 9.77. The summed E-state index contributed by atoms with van der Waals surface area (Å²) in [5.41, 5.74) is -0.0202. The first-order chi connectivity index (χ1) is 6.49. The van der Waals surface area contributed by atoms with E-state index in [4.69, 9.17) is 10.2 Å². The Morgan fingerprint density at radius 3 is 2.07 bits per heavy atom. The smallest absolute Gasteiger partial charge is 0.0534 e. The van der Waals surface area contributed by atoms with Crippen LogP contribution in [0.5, 0.6) is 0 Å². The predicted octanol–water partition coefficient (Wildman–Crippen LogP) is 0.852. The molecule has 1 fully saturated rings. The highest BCUT2D eigenvalue weighted by molar-refractivity contribution is 5.00. The molecular weight excluding hydrogens is 178 g/mol. The monoisotopic (exact) mass is 201 g/mol. The minimum absolute atomic E-state index is 0.0994. The molecular formula is C11H23NO2. The van der Waals surface area contributed by atoms with Gasteiger partial charge in [0.05, 0.1) is 13.2 Å². The van der Waals surface area contributed by atoms with E-state index in [9.17, 15) is 0 Å². The summed E-state index contributed by atoms with van der Waals surface area (Å²) < 4.78 is 0. The fourth-order valence-corrected chi connectivity index (χ4v) is 2.21. The third kappa shape index (κ3) is 2.10. The van der Waals surface area contributed by atoms with Crippen molar-refractivity contribution in [3.63, 3.8) is 0 Å². The highest BCUT2D eigenvalue weighted by atomic mass is 16.3. The van der Waals surface area contributed by atoms with Crippen LogP contribution in [0.1, 0.15) is 33.6 Å². The van der Waals surface area contributed by atoms with Gasteiger partial charge in [-0.1, -0.05) is 13.3 Å². The summed E-state index contributed by atoms with van der Waals surface area (Å²) in [6.45, 7) is 8.50. The van der Waals surface area contributed by atoms with Gasteiger partial charge < -0.3 is 10.2 Å². The second-order valence-corrected chi connectivity index (χ2v) is 5.23. The van der Waals surface area contributed by atoms with Crippen LogP contribution >= 0.6 is 0 Å². The van der Waals surface area contributed by atoms with Crippen LogP contribution in [0.2, 0.25) is 0 Å². The van der Waals surface area contributed by atoms with Crippen LogP contribution in [0.3, 0.4) is 0 Å². The summed E-state index contributed by atoms with van der Waals surface area (Å²) in [4.78, 5) is 2.35. The van der Waals surface area contributed by atoms with E-state index < -0.39 is 0 Å². The van der Waals surface area contributed by atoms with Gasteiger partial charge in [-0.15, -0.1) is 0 Å². The van der Waals surface area contributed by atoms with Gasteiger partial charge >= 0.3 is 0 Å². The molecule has 1 aliphatic rings. The van der Waals surface area contributed by atoms with E-state index >= 15 is 0 Å². The van der Waals surface area contributed by atoms with Gasteiger partial charge in [0.1, 0.15) is 0 Å². The van der Waals surface area contributed by atoms with Crippen LogP contribution < -0.4 is 0 Å². The summed E-state index contributed by atoms with van der Waals surface area (Å²) in [6, 6.07) is 0. The molecule has 0 unspecified atom stereocenters. The molecule has 0 aliphatic carbocycles. The molecule has 0 amide bonds. The van der Waals surface area contributed by atoms with Crippen LogP contribution in [-0.4, -0.2) is 47.0 Å². The minimum atomic E-state index is -0.231. The van der Waals surface area contributed by atoms with Crippen molar-refractivity contribution >= 4 is 0 Å². The van der Waals surface area contributed by atoms with E-state index in [0.29, 0.717) is 0 Å². The maximum absolute atomic E-state index is 9.16. The molecule has 14 heavy (non-hydrogen) atoms. The summed E-state index contributed by atoms with van der Waals surface area (Å²) in [5, 5.41) is 18.3. The van der Waals surface area contributed by atoms with Crippen molar-refractivity contribution in [2.45, 2.75) is 39.2 Å². The molecule has 1 aliphatic heterocycles. The minimum Gasteiger partial charge on any atom is -0.396 e. The van der Waals surface area contributed by atoms with Gasteiger partial charge in [0.15, 0.2) is 0 Å². The molecule has 0 aromatic rings. The molecule has 2 N–H and O–H groups in total. The molecule has 0 saturated carbocycles. The van der Waals surface area contributed by atoms with Crippen molar-refractivity contribution in [2.24, 2.45) is 5.41 Å². The number of aliphatic hydroxyl groups is 2. The second-order valence-electron chi connectivity index (χ2n) is 5.23. The molecule has 0 aromatic heterocycles. The Balaban J connectivity index is 2.46. The van der Waals surface area contributed by atoms with E-state index in [0.717, 1.165) is 13.1 Å². The highest BCUT2D eigenvalue weighted by Crippen LogP contribution is 2.36. The van der Waals surface area contributed by atoms with Gasteiger partial charge in [0.25, 0.3) is 0 Å². The first-order valence-electron chi connectivity index (χ1n) is 5.46. The normalized spacial score (nSPS) is 22.1. The van der Waals surface area contributed by atoms with Gasteiger partial charge in [0.2, 0.25) is 0 Å². The summed E-state index contributed by atoms with van der Waals surface area (Å²) in [7, 11) is 0. The molecule has 0 spiro atoms. The molecule has 84 valence electrons. The molecule has 3 heteroatoms. The van der Waals surface area contributed by atoms with Crippen molar-refractivity contribution in [2.75, 3.05) is 26.3 Å². The zero-order valence-electron chi connectivity index (χ0n) is 9.58. The van der Waals surface area contributed by atoms with Crippen molar-refractivity contribution in [3.8, 4) is 0 Å². The number of aliphatic hydroxyl groups excluding tert-OH is 2. The quantitative estimate of drug-likeness (QED) is 0.693. The van der Waals surface area contributed by atoms with Gasteiger partial charge in [0, 0.05) is 24.0 Å². The van der Waals surface area contributed by atoms with E-state index in [2.05, 4.69) is 25.7 Å². The molecule has 0 radical (unpaired) electrons. The van der Waals surface area contributed by atoms with Crippen LogP contribution in [0.25, 0.3) is 0 Å². The van der Waals surface area contributed by atoms with Crippen molar-refractivity contribution in [1.29, 1.82) is 0 Å². The lowest BCUT2D eigenvalue weighted by molar-refractivity contribution is -0.117. The zero-order valence-corrected chi connectivity index (χ0v) is 9.58. The zero-order chi connectivity index (χ0) is 10.8. The van der Waals surface area contributed by atoms with E-state index in [1.54, 1.807) is 0 Å². The average molecular weight is 201 g/mol. The van der Waals surface area contributed by atoms with Crippen LogP contribution in [0, 0.1) is 5.41 Å². The Kier molecular flexibility index (Phi) is 3.56. The summed E-state index contributed by atoms with van der Waals surface area (Å²) >= 11 is 0. The number of nitrogens with zero attached hydrogens (tertiary/aromatic N) is 1. The van der Waals surface area contributed by atoms with E-state index in [1.165, 1.54) is 12.8 Å². The molecule has 1 rings (SSSR count). The van der Waals surface area contributed by atoms with Crippen LogP contribution in [0.15, 0.2) is 0 Å². The lowest BCUT2D eigenvalue weighted by Crippen LogP contribution is -2.66. The Morgan fingerprint density at radius 1 is 1.21 bits per heavy atom. The summed E-state index contributed by atoms with van der Waals surface area (Å²) in [5.74, 6) is 0. The maximum Gasteiger partial charge on any atom is 0.0534 e. The Labute approximate surface area is 86.7 Å². The number of rotatable bonds is 5. The number of hydrogen-bond donors (Lipinski definition) is 2. The maximum atomic E-state index is 9.16. The number of hydrogen-bond acceptors (Lipinski definition) is 3. The largest absolute Gasteiger partial charge is 0.396 e. The van der Waals surface area contributed by atoms with Crippen molar-refractivity contribution in [3.05, 3.63) is 0 Å². The third-order valence-electron chi connectivity index (χ3n) is 3.44. The van der Waals surface area contributed by atoms with Crippen molar-refractivity contribution < 1.29 is 10.2 Å². The lowest BCUT2D eigenvalue weighted by Gasteiger charge is -2.55. The Hall–Kier alpha value is -0.120. The molecule has 1 saturated heterocycles. The third-order valence-corrected chi connectivity index (χ3v) is 3.44. The molecule has 0 aromatic carbocycles. The standard InChI is InChI=1S/C11H23NO2/c1-4-5-10(2,3)12-6-11(7-12,8-13)9-14/h13-14H,4-9H2,1-3H3. The van der Waals surface area contributed by atoms with Gasteiger partial charge in [-0.25, -0.2) is 0 Å². The molecule has 0 bridgehead atoms. The topological polar surface area (TPSA) is 43.7 Å². The highest BCUT2D eigenvalue weighted by Gasteiger charge is 2.46. The average Bonchev–Trinajstić information content (AvgIpc) is 2.03. The van der Waals surface area contributed by atoms with Gasteiger partial charge in [-0.3, -0.25) is 4.90 Å². The SMILES string of the molecule is CCCC(C)(C)N1CC(CO)(CO)C1. The first kappa shape index (κ1) is 12.0. The van der Waals surface area contributed by atoms with Gasteiger partial charge in [-0.2, -0.15) is 0 Å².